The van der Waals surface area contributed by atoms with Crippen LogP contribution in [-0.4, -0.2) is 48.6 Å². The molecule has 3 rings (SSSR count). The van der Waals surface area contributed by atoms with Crippen molar-refractivity contribution in [2.75, 3.05) is 32.8 Å². The third-order valence-electron chi connectivity index (χ3n) is 4.99. The molecule has 2 aromatic rings. The Morgan fingerprint density at radius 1 is 1.18 bits per heavy atom. The predicted octanol–water partition coefficient (Wildman–Crippen LogP) is 3.01. The molecule has 1 atom stereocenters. The normalized spacial score (nSPS) is 15.8. The third kappa shape index (κ3) is 4.94. The fourth-order valence-corrected chi connectivity index (χ4v) is 3.32. The first-order valence-electron chi connectivity index (χ1n) is 9.36. The Kier molecular flexibility index (Phi) is 6.38. The van der Waals surface area contributed by atoms with Crippen molar-refractivity contribution in [1.29, 1.82) is 0 Å². The predicted molar refractivity (Wildman–Crippen MR) is 106 cm³/mol. The van der Waals surface area contributed by atoms with Gasteiger partial charge in [0.15, 0.2) is 0 Å². The minimum atomic E-state index is -0.440. The summed E-state index contributed by atoms with van der Waals surface area (Å²) in [5.74, 6) is -0.239. The van der Waals surface area contributed by atoms with E-state index in [0.717, 1.165) is 24.2 Å². The Bertz CT molecular complexity index is 845. The Morgan fingerprint density at radius 3 is 2.46 bits per heavy atom. The molecule has 148 valence electrons. The van der Waals surface area contributed by atoms with E-state index in [1.54, 1.807) is 13.0 Å². The summed E-state index contributed by atoms with van der Waals surface area (Å²) in [4.78, 5) is 25.7. The van der Waals surface area contributed by atoms with Crippen molar-refractivity contribution < 1.29 is 14.5 Å². The van der Waals surface area contributed by atoms with Gasteiger partial charge in [0.1, 0.15) is 0 Å². The summed E-state index contributed by atoms with van der Waals surface area (Å²) in [5, 5.41) is 14.1. The topological polar surface area (TPSA) is 84.7 Å². The highest BCUT2D eigenvalue weighted by molar-refractivity contribution is 5.95. The second-order valence-electron chi connectivity index (χ2n) is 7.11. The van der Waals surface area contributed by atoms with Crippen molar-refractivity contribution in [3.05, 3.63) is 74.8 Å². The number of morpholine rings is 1. The molecule has 28 heavy (non-hydrogen) atoms. The van der Waals surface area contributed by atoms with E-state index >= 15 is 0 Å². The summed E-state index contributed by atoms with van der Waals surface area (Å²) >= 11 is 0. The minimum absolute atomic E-state index is 0.0138. The molecule has 0 aromatic heterocycles. The number of hydrogen-bond donors (Lipinski definition) is 1. The number of nitro groups is 1. The molecule has 1 N–H and O–H groups in total. The minimum Gasteiger partial charge on any atom is -0.379 e. The average molecular weight is 383 g/mol. The van der Waals surface area contributed by atoms with Crippen LogP contribution in [0.5, 0.6) is 0 Å². The highest BCUT2D eigenvalue weighted by Gasteiger charge is 2.22. The molecule has 0 spiro atoms. The molecule has 1 aliphatic heterocycles. The lowest BCUT2D eigenvalue weighted by Crippen LogP contribution is -2.43. The maximum absolute atomic E-state index is 12.8. The van der Waals surface area contributed by atoms with Gasteiger partial charge in [0.2, 0.25) is 0 Å². The van der Waals surface area contributed by atoms with Crippen molar-refractivity contribution in [3.8, 4) is 0 Å². The highest BCUT2D eigenvalue weighted by Crippen LogP contribution is 2.21. The number of aryl methyl sites for hydroxylation is 2. The zero-order chi connectivity index (χ0) is 20.1. The van der Waals surface area contributed by atoms with Gasteiger partial charge in [-0.25, -0.2) is 0 Å². The molecule has 1 unspecified atom stereocenters. The first kappa shape index (κ1) is 20.0. The Labute approximate surface area is 164 Å². The number of nitro benzene ring substituents is 1. The average Bonchev–Trinajstić information content (AvgIpc) is 2.68. The molecule has 1 heterocycles. The largest absolute Gasteiger partial charge is 0.379 e. The van der Waals surface area contributed by atoms with Crippen LogP contribution in [0.25, 0.3) is 0 Å². The van der Waals surface area contributed by atoms with E-state index in [9.17, 15) is 14.9 Å². The van der Waals surface area contributed by atoms with Gasteiger partial charge >= 0.3 is 0 Å². The lowest BCUT2D eigenvalue weighted by Gasteiger charge is -2.31. The first-order chi connectivity index (χ1) is 13.4. The molecule has 0 aliphatic carbocycles. The van der Waals surface area contributed by atoms with E-state index in [1.807, 2.05) is 31.2 Å². The van der Waals surface area contributed by atoms with Crippen molar-refractivity contribution in [2.45, 2.75) is 19.9 Å². The van der Waals surface area contributed by atoms with E-state index < -0.39 is 4.92 Å². The standard InChI is InChI=1S/C21H25N3O4/c1-15-3-5-17(6-4-15)19(14-23-9-11-28-12-10-23)22-21(25)18-7-8-20(24(26)27)16(2)13-18/h3-8,13,19H,9-12,14H2,1-2H3,(H,22,25). The lowest BCUT2D eigenvalue weighted by atomic mass is 10.0. The molecular formula is C21H25N3O4. The first-order valence-corrected chi connectivity index (χ1v) is 9.36. The zero-order valence-corrected chi connectivity index (χ0v) is 16.2. The van der Waals surface area contributed by atoms with Crippen LogP contribution in [0.2, 0.25) is 0 Å². The molecule has 2 aromatic carbocycles. The van der Waals surface area contributed by atoms with Crippen molar-refractivity contribution in [2.24, 2.45) is 0 Å². The number of carbonyl (C=O) groups excluding carboxylic acids is 1. The van der Waals surface area contributed by atoms with Crippen molar-refractivity contribution >= 4 is 11.6 Å². The van der Waals surface area contributed by atoms with Gasteiger partial charge in [-0.15, -0.1) is 0 Å². The maximum Gasteiger partial charge on any atom is 0.272 e. The summed E-state index contributed by atoms with van der Waals surface area (Å²) < 4.78 is 5.41. The van der Waals surface area contributed by atoms with Crippen molar-refractivity contribution in [1.82, 2.24) is 10.2 Å². The number of carbonyl (C=O) groups is 1. The second-order valence-corrected chi connectivity index (χ2v) is 7.11. The number of nitrogens with one attached hydrogen (secondary N) is 1. The van der Waals surface area contributed by atoms with Gasteiger partial charge in [-0.1, -0.05) is 29.8 Å². The van der Waals surface area contributed by atoms with Gasteiger partial charge in [0.25, 0.3) is 11.6 Å². The molecule has 1 fully saturated rings. The number of ether oxygens (including phenoxy) is 1. The molecule has 7 nitrogen and oxygen atoms in total. The Morgan fingerprint density at radius 2 is 1.86 bits per heavy atom. The number of hydrogen-bond acceptors (Lipinski definition) is 5. The van der Waals surface area contributed by atoms with E-state index in [4.69, 9.17) is 4.74 Å². The molecule has 0 saturated carbocycles. The molecule has 1 aliphatic rings. The fourth-order valence-electron chi connectivity index (χ4n) is 3.32. The van der Waals surface area contributed by atoms with Gasteiger partial charge in [-0.2, -0.15) is 0 Å². The van der Waals surface area contributed by atoms with Gasteiger partial charge < -0.3 is 10.1 Å². The summed E-state index contributed by atoms with van der Waals surface area (Å²) in [5.41, 5.74) is 3.09. The number of rotatable bonds is 6. The van der Waals surface area contributed by atoms with Crippen LogP contribution < -0.4 is 5.32 Å². The van der Waals surface area contributed by atoms with Gasteiger partial charge in [0.05, 0.1) is 24.2 Å². The van der Waals surface area contributed by atoms with Gasteiger partial charge in [-0.3, -0.25) is 19.8 Å². The zero-order valence-electron chi connectivity index (χ0n) is 16.2. The van der Waals surface area contributed by atoms with Gasteiger partial charge in [-0.05, 0) is 31.5 Å². The fraction of sp³-hybridized carbons (Fsp3) is 0.381. The number of amides is 1. The van der Waals surface area contributed by atoms with E-state index in [2.05, 4.69) is 10.2 Å². The molecule has 7 heteroatoms. The van der Waals surface area contributed by atoms with Crippen LogP contribution in [0.1, 0.15) is 33.1 Å². The van der Waals surface area contributed by atoms with Crippen LogP contribution in [0.15, 0.2) is 42.5 Å². The third-order valence-corrected chi connectivity index (χ3v) is 4.99. The number of nitrogens with zero attached hydrogens (tertiary/aromatic N) is 2. The van der Waals surface area contributed by atoms with E-state index in [1.165, 1.54) is 12.1 Å². The van der Waals surface area contributed by atoms with E-state index in [0.29, 0.717) is 30.9 Å². The summed E-state index contributed by atoms with van der Waals surface area (Å²) in [6, 6.07) is 12.4. The SMILES string of the molecule is Cc1ccc(C(CN2CCOCC2)NC(=O)c2ccc([N+](=O)[O-])c(C)c2)cc1. The molecule has 0 bridgehead atoms. The van der Waals surface area contributed by atoms with E-state index in [-0.39, 0.29) is 17.6 Å². The smallest absolute Gasteiger partial charge is 0.272 e. The molecule has 1 saturated heterocycles. The summed E-state index contributed by atoms with van der Waals surface area (Å²) in [6.07, 6.45) is 0. The van der Waals surface area contributed by atoms with Crippen LogP contribution in [0, 0.1) is 24.0 Å². The Balaban J connectivity index is 1.79. The van der Waals surface area contributed by atoms with Crippen LogP contribution in [0.3, 0.4) is 0 Å². The monoisotopic (exact) mass is 383 g/mol. The number of benzene rings is 2. The second kappa shape index (κ2) is 8.95. The maximum atomic E-state index is 12.8. The highest BCUT2D eigenvalue weighted by atomic mass is 16.6. The van der Waals surface area contributed by atoms with Crippen molar-refractivity contribution in [3.63, 3.8) is 0 Å². The molecule has 0 radical (unpaired) electrons. The quantitative estimate of drug-likeness (QED) is 0.612. The summed E-state index contributed by atoms with van der Waals surface area (Å²) in [7, 11) is 0. The summed E-state index contributed by atoms with van der Waals surface area (Å²) in [6.45, 7) is 7.39. The molecule has 1 amide bonds. The molecular weight excluding hydrogens is 358 g/mol. The lowest BCUT2D eigenvalue weighted by molar-refractivity contribution is -0.385. The van der Waals surface area contributed by atoms with Crippen LogP contribution in [0.4, 0.5) is 5.69 Å². The van der Waals surface area contributed by atoms with Gasteiger partial charge in [0, 0.05) is 36.8 Å². The van der Waals surface area contributed by atoms with Crippen LogP contribution in [-0.2, 0) is 4.74 Å². The van der Waals surface area contributed by atoms with Crippen LogP contribution >= 0.6 is 0 Å². The Hall–Kier alpha value is -2.77.